The minimum Gasteiger partial charge on any atom is -0.331 e. The number of hydrogen-bond donors (Lipinski definition) is 0. The second kappa shape index (κ2) is 5.77. The third-order valence-electron chi connectivity index (χ3n) is 4.55. The summed E-state index contributed by atoms with van der Waals surface area (Å²) >= 11 is 2.08. The molecule has 6 heteroatoms. The van der Waals surface area contributed by atoms with Crippen molar-refractivity contribution in [3.05, 3.63) is 0 Å². The van der Waals surface area contributed by atoms with E-state index in [1.807, 2.05) is 0 Å². The van der Waals surface area contributed by atoms with Crippen LogP contribution in [0, 0.1) is 5.41 Å². The number of piperidine rings is 1. The molecule has 1 saturated heterocycles. The Kier molecular flexibility index (Phi) is 4.67. The first-order valence-electron chi connectivity index (χ1n) is 6.82. The molecular formula is C13H19F3INO. The standard InChI is InChI=1S/C13H19F3INO/c14-13(15,16)11(19)18-9-12(5-2-1-3-6-12)7-4-10(18)8-17/h10H,1-9H2. The van der Waals surface area contributed by atoms with Gasteiger partial charge in [0.05, 0.1) is 0 Å². The van der Waals surface area contributed by atoms with Crippen molar-refractivity contribution < 1.29 is 18.0 Å². The molecule has 0 radical (unpaired) electrons. The van der Waals surface area contributed by atoms with Gasteiger partial charge < -0.3 is 4.90 Å². The molecule has 1 spiro atoms. The smallest absolute Gasteiger partial charge is 0.331 e. The molecule has 19 heavy (non-hydrogen) atoms. The van der Waals surface area contributed by atoms with Crippen molar-refractivity contribution in [2.24, 2.45) is 5.41 Å². The highest BCUT2D eigenvalue weighted by atomic mass is 127. The molecule has 1 heterocycles. The van der Waals surface area contributed by atoms with Gasteiger partial charge in [-0.3, -0.25) is 4.79 Å². The lowest BCUT2D eigenvalue weighted by Gasteiger charge is -2.48. The van der Waals surface area contributed by atoms with Crippen LogP contribution in [0.2, 0.25) is 0 Å². The van der Waals surface area contributed by atoms with E-state index in [2.05, 4.69) is 22.6 Å². The zero-order valence-corrected chi connectivity index (χ0v) is 13.0. The number of nitrogens with zero attached hydrogens (tertiary/aromatic N) is 1. The SMILES string of the molecule is O=C(N1CC2(CCCCC2)CCC1CI)C(F)(F)F. The van der Waals surface area contributed by atoms with Gasteiger partial charge in [0.25, 0.3) is 0 Å². The van der Waals surface area contributed by atoms with Crippen LogP contribution < -0.4 is 0 Å². The number of rotatable bonds is 1. The Bertz CT molecular complexity index is 339. The van der Waals surface area contributed by atoms with Crippen LogP contribution >= 0.6 is 22.6 Å². The zero-order valence-electron chi connectivity index (χ0n) is 10.8. The first-order valence-corrected chi connectivity index (χ1v) is 8.34. The Balaban J connectivity index is 2.15. The number of amides is 1. The molecular weight excluding hydrogens is 370 g/mol. The summed E-state index contributed by atoms with van der Waals surface area (Å²) in [7, 11) is 0. The van der Waals surface area contributed by atoms with Crippen LogP contribution in [0.3, 0.4) is 0 Å². The summed E-state index contributed by atoms with van der Waals surface area (Å²) in [6.07, 6.45) is 2.24. The highest BCUT2D eigenvalue weighted by Crippen LogP contribution is 2.45. The Labute approximate surface area is 125 Å². The van der Waals surface area contributed by atoms with Gasteiger partial charge in [-0.05, 0) is 31.1 Å². The van der Waals surface area contributed by atoms with Crippen molar-refractivity contribution in [2.45, 2.75) is 57.2 Å². The van der Waals surface area contributed by atoms with Crippen LogP contribution in [0.5, 0.6) is 0 Å². The first-order chi connectivity index (χ1) is 8.88. The maximum atomic E-state index is 12.7. The Hall–Kier alpha value is -0.0100. The lowest BCUT2D eigenvalue weighted by atomic mass is 9.68. The maximum absolute atomic E-state index is 12.7. The summed E-state index contributed by atoms with van der Waals surface area (Å²) in [5, 5.41) is 0. The van der Waals surface area contributed by atoms with Gasteiger partial charge in [0.1, 0.15) is 0 Å². The molecule has 0 aromatic carbocycles. The average Bonchev–Trinajstić information content (AvgIpc) is 2.38. The van der Waals surface area contributed by atoms with Crippen LogP contribution in [-0.2, 0) is 4.79 Å². The molecule has 2 aliphatic rings. The van der Waals surface area contributed by atoms with Crippen LogP contribution in [0.25, 0.3) is 0 Å². The molecule has 2 nitrogen and oxygen atoms in total. The molecule has 1 aliphatic carbocycles. The summed E-state index contributed by atoms with van der Waals surface area (Å²) in [5.41, 5.74) is -0.0402. The number of halogens is 4. The van der Waals surface area contributed by atoms with Crippen molar-refractivity contribution >= 4 is 28.5 Å². The fourth-order valence-electron chi connectivity index (χ4n) is 3.47. The summed E-state index contributed by atoms with van der Waals surface area (Å²) in [5.74, 6) is -1.64. The maximum Gasteiger partial charge on any atom is 0.471 e. The van der Waals surface area contributed by atoms with E-state index in [0.29, 0.717) is 17.4 Å². The van der Waals surface area contributed by atoms with E-state index in [1.54, 1.807) is 0 Å². The van der Waals surface area contributed by atoms with Gasteiger partial charge in [-0.1, -0.05) is 41.9 Å². The number of alkyl halides is 4. The Morgan fingerprint density at radius 1 is 1.21 bits per heavy atom. The van der Waals surface area contributed by atoms with E-state index < -0.39 is 12.1 Å². The molecule has 0 aromatic heterocycles. The van der Waals surface area contributed by atoms with Crippen molar-refractivity contribution in [2.75, 3.05) is 11.0 Å². The fourth-order valence-corrected chi connectivity index (χ4v) is 4.38. The lowest BCUT2D eigenvalue weighted by molar-refractivity contribution is -0.191. The van der Waals surface area contributed by atoms with Crippen LogP contribution in [0.4, 0.5) is 13.2 Å². The Morgan fingerprint density at radius 3 is 2.37 bits per heavy atom. The van der Waals surface area contributed by atoms with Crippen molar-refractivity contribution in [1.29, 1.82) is 0 Å². The highest BCUT2D eigenvalue weighted by Gasteiger charge is 2.49. The van der Waals surface area contributed by atoms with E-state index in [0.717, 1.165) is 37.0 Å². The van der Waals surface area contributed by atoms with Gasteiger partial charge in [-0.2, -0.15) is 13.2 Å². The van der Waals surface area contributed by atoms with E-state index in [9.17, 15) is 18.0 Å². The quantitative estimate of drug-likeness (QED) is 0.492. The normalized spacial score (nSPS) is 27.6. The van der Waals surface area contributed by atoms with Gasteiger partial charge >= 0.3 is 12.1 Å². The summed E-state index contributed by atoms with van der Waals surface area (Å²) in [4.78, 5) is 12.7. The largest absolute Gasteiger partial charge is 0.471 e. The summed E-state index contributed by atoms with van der Waals surface area (Å²) in [6.45, 7) is 0.305. The molecule has 1 amide bonds. The topological polar surface area (TPSA) is 20.3 Å². The van der Waals surface area contributed by atoms with Crippen LogP contribution in [-0.4, -0.2) is 34.0 Å². The van der Waals surface area contributed by atoms with E-state index in [-0.39, 0.29) is 11.5 Å². The van der Waals surface area contributed by atoms with E-state index in [4.69, 9.17) is 0 Å². The van der Waals surface area contributed by atoms with Gasteiger partial charge in [0.2, 0.25) is 0 Å². The molecule has 2 fully saturated rings. The summed E-state index contributed by atoms with van der Waals surface area (Å²) < 4.78 is 38.7. The molecule has 0 bridgehead atoms. The van der Waals surface area contributed by atoms with Crippen LogP contribution in [0.1, 0.15) is 44.9 Å². The Morgan fingerprint density at radius 2 is 1.84 bits per heavy atom. The van der Waals surface area contributed by atoms with Gasteiger partial charge in [-0.25, -0.2) is 0 Å². The fraction of sp³-hybridized carbons (Fsp3) is 0.923. The molecule has 1 saturated carbocycles. The zero-order chi connectivity index (χ0) is 14.1. The second-order valence-corrected chi connectivity index (χ2v) is 6.72. The van der Waals surface area contributed by atoms with E-state index in [1.165, 1.54) is 6.42 Å². The van der Waals surface area contributed by atoms with Gasteiger partial charge in [0.15, 0.2) is 0 Å². The van der Waals surface area contributed by atoms with E-state index >= 15 is 0 Å². The molecule has 1 atom stereocenters. The molecule has 0 N–H and O–H groups in total. The number of carbonyl (C=O) groups excluding carboxylic acids is 1. The third-order valence-corrected chi connectivity index (χ3v) is 5.57. The molecule has 110 valence electrons. The molecule has 2 rings (SSSR count). The van der Waals surface area contributed by atoms with Crippen molar-refractivity contribution in [3.8, 4) is 0 Å². The minimum atomic E-state index is -4.74. The van der Waals surface area contributed by atoms with Gasteiger partial charge in [0, 0.05) is 17.0 Å². The number of likely N-dealkylation sites (tertiary alicyclic amines) is 1. The van der Waals surface area contributed by atoms with Crippen LogP contribution in [0.15, 0.2) is 0 Å². The molecule has 0 aromatic rings. The number of carbonyl (C=O) groups is 1. The highest BCUT2D eigenvalue weighted by molar-refractivity contribution is 14.1. The first kappa shape index (κ1) is 15.4. The lowest BCUT2D eigenvalue weighted by Crippen LogP contribution is -2.56. The summed E-state index contributed by atoms with van der Waals surface area (Å²) in [6, 6.07) is -0.248. The monoisotopic (exact) mass is 389 g/mol. The number of hydrogen-bond acceptors (Lipinski definition) is 1. The predicted octanol–water partition coefficient (Wildman–Crippen LogP) is 3.93. The second-order valence-electron chi connectivity index (χ2n) is 5.84. The van der Waals surface area contributed by atoms with Crippen molar-refractivity contribution in [3.63, 3.8) is 0 Å². The van der Waals surface area contributed by atoms with Gasteiger partial charge in [-0.15, -0.1) is 0 Å². The molecule has 1 aliphatic heterocycles. The minimum absolute atomic E-state index is 0.0402. The molecule has 1 unspecified atom stereocenters. The third kappa shape index (κ3) is 3.36. The van der Waals surface area contributed by atoms with Crippen molar-refractivity contribution in [1.82, 2.24) is 4.90 Å². The average molecular weight is 389 g/mol. The predicted molar refractivity (Wildman–Crippen MR) is 75.2 cm³/mol.